The van der Waals surface area contributed by atoms with Crippen LogP contribution in [0, 0.1) is 5.92 Å². The van der Waals surface area contributed by atoms with Gasteiger partial charge < -0.3 is 19.5 Å². The molecule has 0 saturated carbocycles. The molecule has 1 N–H and O–H groups in total. The van der Waals surface area contributed by atoms with Gasteiger partial charge in [0.05, 0.1) is 26.4 Å². The Balaban J connectivity index is 3.19. The summed E-state index contributed by atoms with van der Waals surface area (Å²) in [5, 5.41) is 3.38. The van der Waals surface area contributed by atoms with Crippen LogP contribution in [0.1, 0.15) is 26.7 Å². The van der Waals surface area contributed by atoms with Gasteiger partial charge in [0.15, 0.2) is 0 Å². The second-order valence-electron chi connectivity index (χ2n) is 4.09. The SMILES string of the molecule is CCNCC(CC)CCOCCOCCOC. The van der Waals surface area contributed by atoms with Crippen LogP contribution in [0.3, 0.4) is 0 Å². The topological polar surface area (TPSA) is 39.7 Å². The van der Waals surface area contributed by atoms with Crippen LogP contribution in [0.2, 0.25) is 0 Å². The predicted octanol–water partition coefficient (Wildman–Crippen LogP) is 1.69. The molecule has 0 rings (SSSR count). The van der Waals surface area contributed by atoms with Gasteiger partial charge in [-0.05, 0) is 25.4 Å². The van der Waals surface area contributed by atoms with Gasteiger partial charge in [0.1, 0.15) is 0 Å². The number of hydrogen-bond acceptors (Lipinski definition) is 4. The molecule has 0 fully saturated rings. The second-order valence-corrected chi connectivity index (χ2v) is 4.09. The molecular weight excluding hydrogens is 218 g/mol. The molecule has 0 aliphatic heterocycles. The highest BCUT2D eigenvalue weighted by Gasteiger charge is 2.04. The Morgan fingerprint density at radius 2 is 1.59 bits per heavy atom. The normalized spacial score (nSPS) is 12.9. The Morgan fingerprint density at radius 1 is 0.941 bits per heavy atom. The van der Waals surface area contributed by atoms with Crippen molar-refractivity contribution in [3.05, 3.63) is 0 Å². The average Bonchev–Trinajstić information content (AvgIpc) is 2.36. The minimum atomic E-state index is 0.651. The van der Waals surface area contributed by atoms with Gasteiger partial charge in [-0.2, -0.15) is 0 Å². The third-order valence-electron chi connectivity index (χ3n) is 2.73. The summed E-state index contributed by atoms with van der Waals surface area (Å²) in [6, 6.07) is 0. The maximum Gasteiger partial charge on any atom is 0.0701 e. The van der Waals surface area contributed by atoms with E-state index in [0.29, 0.717) is 26.4 Å². The molecule has 0 aliphatic carbocycles. The molecule has 1 atom stereocenters. The van der Waals surface area contributed by atoms with E-state index in [1.165, 1.54) is 6.42 Å². The lowest BCUT2D eigenvalue weighted by molar-refractivity contribution is 0.0217. The van der Waals surface area contributed by atoms with E-state index in [1.807, 2.05) is 0 Å². The Morgan fingerprint density at radius 3 is 2.18 bits per heavy atom. The van der Waals surface area contributed by atoms with Crippen LogP contribution in [0.25, 0.3) is 0 Å². The number of hydrogen-bond donors (Lipinski definition) is 1. The maximum atomic E-state index is 5.53. The van der Waals surface area contributed by atoms with Crippen molar-refractivity contribution in [1.29, 1.82) is 0 Å². The predicted molar refractivity (Wildman–Crippen MR) is 70.5 cm³/mol. The molecule has 104 valence electrons. The van der Waals surface area contributed by atoms with Crippen molar-refractivity contribution in [2.75, 3.05) is 53.2 Å². The molecular formula is C13H29NO3. The molecule has 0 amide bonds. The first-order valence-electron chi connectivity index (χ1n) is 6.70. The lowest BCUT2D eigenvalue weighted by atomic mass is 10.0. The van der Waals surface area contributed by atoms with Gasteiger partial charge in [-0.1, -0.05) is 20.3 Å². The first-order valence-corrected chi connectivity index (χ1v) is 6.70. The van der Waals surface area contributed by atoms with Crippen molar-refractivity contribution in [2.45, 2.75) is 26.7 Å². The zero-order valence-corrected chi connectivity index (χ0v) is 11.7. The van der Waals surface area contributed by atoms with E-state index in [0.717, 1.165) is 32.0 Å². The zero-order valence-electron chi connectivity index (χ0n) is 11.7. The summed E-state index contributed by atoms with van der Waals surface area (Å²) in [6.45, 7) is 9.99. The molecule has 0 aromatic carbocycles. The Hall–Kier alpha value is -0.160. The lowest BCUT2D eigenvalue weighted by Crippen LogP contribution is -2.23. The van der Waals surface area contributed by atoms with E-state index in [1.54, 1.807) is 7.11 Å². The highest BCUT2D eigenvalue weighted by molar-refractivity contribution is 4.59. The fraction of sp³-hybridized carbons (Fsp3) is 1.00. The largest absolute Gasteiger partial charge is 0.382 e. The van der Waals surface area contributed by atoms with Crippen molar-refractivity contribution in [2.24, 2.45) is 5.92 Å². The van der Waals surface area contributed by atoms with Gasteiger partial charge in [-0.3, -0.25) is 0 Å². The van der Waals surface area contributed by atoms with Crippen molar-refractivity contribution >= 4 is 0 Å². The molecule has 0 aliphatic rings. The van der Waals surface area contributed by atoms with Crippen molar-refractivity contribution in [1.82, 2.24) is 5.32 Å². The van der Waals surface area contributed by atoms with E-state index >= 15 is 0 Å². The van der Waals surface area contributed by atoms with Crippen molar-refractivity contribution < 1.29 is 14.2 Å². The van der Waals surface area contributed by atoms with E-state index in [9.17, 15) is 0 Å². The molecule has 1 unspecified atom stereocenters. The second kappa shape index (κ2) is 13.9. The Bertz CT molecular complexity index is 145. The number of methoxy groups -OCH3 is 1. The van der Waals surface area contributed by atoms with Crippen LogP contribution >= 0.6 is 0 Å². The third kappa shape index (κ3) is 12.1. The van der Waals surface area contributed by atoms with E-state index < -0.39 is 0 Å². The molecule has 0 aromatic heterocycles. The molecule has 0 bridgehead atoms. The standard InChI is InChI=1S/C13H29NO3/c1-4-13(12-14-5-2)6-7-16-10-11-17-9-8-15-3/h13-14H,4-12H2,1-3H3. The van der Waals surface area contributed by atoms with Gasteiger partial charge >= 0.3 is 0 Å². The lowest BCUT2D eigenvalue weighted by Gasteiger charge is -2.15. The van der Waals surface area contributed by atoms with Crippen LogP contribution in [0.15, 0.2) is 0 Å². The summed E-state index contributed by atoms with van der Waals surface area (Å²) in [5.74, 6) is 0.726. The molecule has 0 radical (unpaired) electrons. The van der Waals surface area contributed by atoms with Crippen LogP contribution in [0.5, 0.6) is 0 Å². The van der Waals surface area contributed by atoms with Gasteiger partial charge in [0.2, 0.25) is 0 Å². The van der Waals surface area contributed by atoms with Crippen LogP contribution in [-0.2, 0) is 14.2 Å². The smallest absolute Gasteiger partial charge is 0.0701 e. The first-order chi connectivity index (χ1) is 8.35. The third-order valence-corrected chi connectivity index (χ3v) is 2.73. The average molecular weight is 247 g/mol. The van der Waals surface area contributed by atoms with E-state index in [2.05, 4.69) is 19.2 Å². The summed E-state index contributed by atoms with van der Waals surface area (Å²) in [6.07, 6.45) is 2.34. The molecule has 4 nitrogen and oxygen atoms in total. The minimum absolute atomic E-state index is 0.651. The summed E-state index contributed by atoms with van der Waals surface area (Å²) in [5.41, 5.74) is 0. The molecule has 0 saturated heterocycles. The van der Waals surface area contributed by atoms with Crippen molar-refractivity contribution in [3.8, 4) is 0 Å². The zero-order chi connectivity index (χ0) is 12.8. The quantitative estimate of drug-likeness (QED) is 0.503. The van der Waals surface area contributed by atoms with Gasteiger partial charge in [-0.25, -0.2) is 0 Å². The summed E-state index contributed by atoms with van der Waals surface area (Å²) >= 11 is 0. The number of rotatable bonds is 13. The molecule has 0 aromatic rings. The highest BCUT2D eigenvalue weighted by atomic mass is 16.5. The monoisotopic (exact) mass is 247 g/mol. The molecule has 0 heterocycles. The molecule has 4 heteroatoms. The summed E-state index contributed by atoms with van der Waals surface area (Å²) < 4.78 is 15.7. The maximum absolute atomic E-state index is 5.53. The highest BCUT2D eigenvalue weighted by Crippen LogP contribution is 2.06. The van der Waals surface area contributed by atoms with Crippen LogP contribution in [0.4, 0.5) is 0 Å². The first kappa shape index (κ1) is 16.8. The van der Waals surface area contributed by atoms with Crippen LogP contribution < -0.4 is 5.32 Å². The molecule has 17 heavy (non-hydrogen) atoms. The van der Waals surface area contributed by atoms with Gasteiger partial charge in [-0.15, -0.1) is 0 Å². The fourth-order valence-electron chi connectivity index (χ4n) is 1.51. The van der Waals surface area contributed by atoms with Crippen LogP contribution in [-0.4, -0.2) is 53.2 Å². The Kier molecular flexibility index (Phi) is 13.8. The molecule has 0 spiro atoms. The number of ether oxygens (including phenoxy) is 3. The number of nitrogens with one attached hydrogen (secondary N) is 1. The summed E-state index contributed by atoms with van der Waals surface area (Å²) in [4.78, 5) is 0. The van der Waals surface area contributed by atoms with E-state index in [-0.39, 0.29) is 0 Å². The van der Waals surface area contributed by atoms with Gasteiger partial charge in [0, 0.05) is 13.7 Å². The Labute approximate surface area is 106 Å². The van der Waals surface area contributed by atoms with Crippen molar-refractivity contribution in [3.63, 3.8) is 0 Å². The van der Waals surface area contributed by atoms with E-state index in [4.69, 9.17) is 14.2 Å². The van der Waals surface area contributed by atoms with Gasteiger partial charge in [0.25, 0.3) is 0 Å². The fourth-order valence-corrected chi connectivity index (χ4v) is 1.51. The summed E-state index contributed by atoms with van der Waals surface area (Å²) in [7, 11) is 1.68. The minimum Gasteiger partial charge on any atom is -0.382 e.